The highest BCUT2D eigenvalue weighted by atomic mass is 16.7. The molecule has 0 saturated carbocycles. The van der Waals surface area contributed by atoms with Crippen molar-refractivity contribution in [2.24, 2.45) is 5.41 Å². The lowest BCUT2D eigenvalue weighted by molar-refractivity contribution is -0.149. The molecule has 0 aromatic rings. The molecule has 2 unspecified atom stereocenters. The Kier molecular flexibility index (Phi) is 2.73. The highest BCUT2D eigenvalue weighted by molar-refractivity contribution is 5.33. The van der Waals surface area contributed by atoms with Crippen LogP contribution in [0.1, 0.15) is 33.6 Å². The topological polar surface area (TPSA) is 18.5 Å². The molecule has 2 nitrogen and oxygen atoms in total. The van der Waals surface area contributed by atoms with Gasteiger partial charge in [-0.3, -0.25) is 0 Å². The van der Waals surface area contributed by atoms with Crippen LogP contribution in [0.2, 0.25) is 0 Å². The van der Waals surface area contributed by atoms with Crippen molar-refractivity contribution >= 4 is 0 Å². The Balaban J connectivity index is 2.18. The van der Waals surface area contributed by atoms with Crippen LogP contribution in [-0.4, -0.2) is 19.0 Å². The Morgan fingerprint density at radius 3 is 3.00 bits per heavy atom. The minimum atomic E-state index is -0.0450. The molecule has 0 spiro atoms. The number of fused-ring (bicyclic) bond motifs is 1. The fourth-order valence-corrected chi connectivity index (χ4v) is 2.68. The van der Waals surface area contributed by atoms with E-state index in [1.165, 1.54) is 11.1 Å². The second kappa shape index (κ2) is 3.76. The minimum Gasteiger partial charge on any atom is -0.353 e. The van der Waals surface area contributed by atoms with Gasteiger partial charge in [0.15, 0.2) is 6.29 Å². The number of hydrogen-bond donors (Lipinski definition) is 0. The van der Waals surface area contributed by atoms with E-state index in [-0.39, 0.29) is 17.8 Å². The van der Waals surface area contributed by atoms with Crippen molar-refractivity contribution in [2.75, 3.05) is 6.61 Å². The van der Waals surface area contributed by atoms with E-state index >= 15 is 0 Å². The van der Waals surface area contributed by atoms with Gasteiger partial charge in [-0.15, -0.1) is 0 Å². The maximum atomic E-state index is 5.94. The molecule has 2 heteroatoms. The quantitative estimate of drug-likeness (QED) is 0.694. The van der Waals surface area contributed by atoms with E-state index in [1.807, 2.05) is 6.92 Å². The second-order valence-corrected chi connectivity index (χ2v) is 5.15. The lowest BCUT2D eigenvalue weighted by Crippen LogP contribution is -2.33. The summed E-state index contributed by atoms with van der Waals surface area (Å²) in [6.45, 7) is 11.3. The average Bonchev–Trinajstić information content (AvgIpc) is 2.47. The van der Waals surface area contributed by atoms with Crippen molar-refractivity contribution in [1.82, 2.24) is 0 Å². The molecule has 0 aromatic carbocycles. The van der Waals surface area contributed by atoms with Gasteiger partial charge in [0, 0.05) is 13.0 Å². The largest absolute Gasteiger partial charge is 0.353 e. The maximum Gasteiger partial charge on any atom is 0.162 e. The molecule has 0 bridgehead atoms. The third-order valence-corrected chi connectivity index (χ3v) is 3.16. The molecule has 84 valence electrons. The summed E-state index contributed by atoms with van der Waals surface area (Å²) in [4.78, 5) is 0. The Morgan fingerprint density at radius 1 is 1.60 bits per heavy atom. The van der Waals surface area contributed by atoms with Gasteiger partial charge in [-0.05, 0) is 24.3 Å². The highest BCUT2D eigenvalue weighted by Gasteiger charge is 2.43. The summed E-state index contributed by atoms with van der Waals surface area (Å²) in [5, 5.41) is 0. The van der Waals surface area contributed by atoms with Crippen LogP contribution < -0.4 is 0 Å². The molecule has 0 N–H and O–H groups in total. The van der Waals surface area contributed by atoms with Crippen molar-refractivity contribution in [3.8, 4) is 0 Å². The molecule has 1 aliphatic heterocycles. The first-order valence-electron chi connectivity index (χ1n) is 5.68. The minimum absolute atomic E-state index is 0.0450. The Labute approximate surface area is 92.0 Å². The Hall–Kier alpha value is -0.600. The zero-order valence-corrected chi connectivity index (χ0v) is 9.88. The summed E-state index contributed by atoms with van der Waals surface area (Å²) in [5.74, 6) is 0. The van der Waals surface area contributed by atoms with Crippen molar-refractivity contribution in [3.05, 3.63) is 23.8 Å². The predicted molar refractivity (Wildman–Crippen MR) is 60.5 cm³/mol. The van der Waals surface area contributed by atoms with E-state index in [4.69, 9.17) is 9.47 Å². The fourth-order valence-electron chi connectivity index (χ4n) is 2.68. The number of rotatable bonds is 2. The smallest absolute Gasteiger partial charge is 0.162 e. The standard InChI is InChI=1S/C13H20O2/c1-5-14-11-7-10-6-9(2)8-13(3,4)12(10)15-11/h6,11-12H,2,5,7-8H2,1,3-4H3. The molecular formula is C13H20O2. The predicted octanol–water partition coefficient (Wildman–Crippen LogP) is 3.05. The van der Waals surface area contributed by atoms with Crippen LogP contribution >= 0.6 is 0 Å². The van der Waals surface area contributed by atoms with E-state index in [9.17, 15) is 0 Å². The summed E-state index contributed by atoms with van der Waals surface area (Å²) in [7, 11) is 0. The van der Waals surface area contributed by atoms with Gasteiger partial charge in [0.1, 0.15) is 0 Å². The summed E-state index contributed by atoms with van der Waals surface area (Å²) >= 11 is 0. The van der Waals surface area contributed by atoms with Crippen LogP contribution in [0.5, 0.6) is 0 Å². The second-order valence-electron chi connectivity index (χ2n) is 5.15. The van der Waals surface area contributed by atoms with Gasteiger partial charge in [-0.1, -0.05) is 32.1 Å². The highest BCUT2D eigenvalue weighted by Crippen LogP contribution is 2.45. The summed E-state index contributed by atoms with van der Waals surface area (Å²) in [6.07, 6.45) is 4.28. The first kappa shape index (κ1) is 10.9. The van der Waals surface area contributed by atoms with Gasteiger partial charge in [0.2, 0.25) is 0 Å². The average molecular weight is 208 g/mol. The number of allylic oxidation sites excluding steroid dienone is 2. The van der Waals surface area contributed by atoms with Gasteiger partial charge in [-0.2, -0.15) is 0 Å². The molecule has 2 atom stereocenters. The number of ether oxygens (including phenoxy) is 2. The first-order valence-corrected chi connectivity index (χ1v) is 5.68. The van der Waals surface area contributed by atoms with Crippen LogP contribution in [0, 0.1) is 5.41 Å². The molecule has 1 saturated heterocycles. The van der Waals surface area contributed by atoms with E-state index in [0.29, 0.717) is 6.61 Å². The lowest BCUT2D eigenvalue weighted by Gasteiger charge is -2.35. The Bertz CT molecular complexity index is 302. The summed E-state index contributed by atoms with van der Waals surface area (Å²) in [5.41, 5.74) is 2.73. The zero-order valence-electron chi connectivity index (χ0n) is 9.88. The van der Waals surface area contributed by atoms with Gasteiger partial charge >= 0.3 is 0 Å². The molecule has 1 aliphatic carbocycles. The van der Waals surface area contributed by atoms with Crippen molar-refractivity contribution in [3.63, 3.8) is 0 Å². The molecule has 0 amide bonds. The molecular weight excluding hydrogens is 188 g/mol. The van der Waals surface area contributed by atoms with E-state index < -0.39 is 0 Å². The van der Waals surface area contributed by atoms with Crippen LogP contribution in [0.4, 0.5) is 0 Å². The number of hydrogen-bond acceptors (Lipinski definition) is 2. The van der Waals surface area contributed by atoms with E-state index in [2.05, 4.69) is 26.5 Å². The summed E-state index contributed by atoms with van der Waals surface area (Å²) < 4.78 is 11.5. The third-order valence-electron chi connectivity index (χ3n) is 3.16. The maximum absolute atomic E-state index is 5.94. The molecule has 0 radical (unpaired) electrons. The van der Waals surface area contributed by atoms with E-state index in [1.54, 1.807) is 0 Å². The molecule has 1 fully saturated rings. The SMILES string of the molecule is C=C1C=C2CC(OCC)OC2C(C)(C)C1. The van der Waals surface area contributed by atoms with Gasteiger partial charge < -0.3 is 9.47 Å². The van der Waals surface area contributed by atoms with Gasteiger partial charge in [-0.25, -0.2) is 0 Å². The van der Waals surface area contributed by atoms with Gasteiger partial charge in [0.25, 0.3) is 0 Å². The molecule has 2 rings (SSSR count). The van der Waals surface area contributed by atoms with Crippen molar-refractivity contribution in [2.45, 2.75) is 46.0 Å². The third kappa shape index (κ3) is 2.01. The van der Waals surface area contributed by atoms with Crippen LogP contribution in [0.3, 0.4) is 0 Å². The van der Waals surface area contributed by atoms with Crippen LogP contribution in [0.25, 0.3) is 0 Å². The normalized spacial score (nSPS) is 33.8. The van der Waals surface area contributed by atoms with Crippen LogP contribution in [-0.2, 0) is 9.47 Å². The fraction of sp³-hybridized carbons (Fsp3) is 0.692. The molecule has 15 heavy (non-hydrogen) atoms. The molecule has 1 heterocycles. The monoisotopic (exact) mass is 208 g/mol. The van der Waals surface area contributed by atoms with Crippen molar-refractivity contribution in [1.29, 1.82) is 0 Å². The van der Waals surface area contributed by atoms with Crippen LogP contribution in [0.15, 0.2) is 23.8 Å². The summed E-state index contributed by atoms with van der Waals surface area (Å²) in [6, 6.07) is 0. The first-order chi connectivity index (χ1) is 7.03. The Morgan fingerprint density at radius 2 is 2.33 bits per heavy atom. The molecule has 2 aliphatic rings. The zero-order chi connectivity index (χ0) is 11.1. The van der Waals surface area contributed by atoms with Gasteiger partial charge in [0.05, 0.1) is 6.10 Å². The van der Waals surface area contributed by atoms with Crippen molar-refractivity contribution < 1.29 is 9.47 Å². The lowest BCUT2D eigenvalue weighted by atomic mass is 9.73. The molecule has 0 aromatic heterocycles. The van der Waals surface area contributed by atoms with E-state index in [0.717, 1.165) is 12.8 Å².